The van der Waals surface area contributed by atoms with Gasteiger partial charge in [-0.2, -0.15) is 19.9 Å². The van der Waals surface area contributed by atoms with Gasteiger partial charge >= 0.3 is 0 Å². The zero-order chi connectivity index (χ0) is 74.5. The van der Waals surface area contributed by atoms with E-state index in [1.54, 1.807) is 0 Å². The monoisotopic (exact) mass is 1430 g/mol. The minimum atomic E-state index is 0.575. The quantitative estimate of drug-likeness (QED) is 0.0944. The smallest absolute Gasteiger partial charge is 0.238 e. The molecule has 4 aromatic heterocycles. The van der Waals surface area contributed by atoms with Crippen LogP contribution in [0.5, 0.6) is 0 Å². The molecule has 10 nitrogen and oxygen atoms in total. The Morgan fingerprint density at radius 1 is 0.152 bits per heavy atom. The summed E-state index contributed by atoms with van der Waals surface area (Å²) in [6, 6.07) is 148. The molecule has 528 valence electrons. The fourth-order valence-electron chi connectivity index (χ4n) is 15.1. The second-order valence-electron chi connectivity index (χ2n) is 27.5. The van der Waals surface area contributed by atoms with Crippen molar-refractivity contribution in [3.63, 3.8) is 0 Å². The lowest BCUT2D eigenvalue weighted by atomic mass is 10.0. The van der Waals surface area contributed by atoms with Gasteiger partial charge in [0.1, 0.15) is 0 Å². The zero-order valence-corrected chi connectivity index (χ0v) is 60.9. The number of nitrogens with zero attached hydrogens (tertiary/aromatic N) is 10. The predicted octanol–water partition coefficient (Wildman–Crippen LogP) is 26.2. The molecule has 0 unspecified atom stereocenters. The van der Waals surface area contributed by atoms with Crippen LogP contribution < -0.4 is 9.80 Å². The lowest BCUT2D eigenvalue weighted by molar-refractivity contribution is 0.953. The highest BCUT2D eigenvalue weighted by molar-refractivity contribution is 6.11. The molecule has 20 rings (SSSR count). The van der Waals surface area contributed by atoms with Gasteiger partial charge in [0.2, 0.25) is 11.9 Å². The molecular formula is C102H70N10. The lowest BCUT2D eigenvalue weighted by Crippen LogP contribution is -2.09. The van der Waals surface area contributed by atoms with Crippen molar-refractivity contribution in [2.24, 2.45) is 0 Å². The van der Waals surface area contributed by atoms with E-state index in [0.717, 1.165) is 122 Å². The molecule has 0 saturated heterocycles. The summed E-state index contributed by atoms with van der Waals surface area (Å²) in [5, 5.41) is 4.59. The zero-order valence-electron chi connectivity index (χ0n) is 60.9. The van der Waals surface area contributed by atoms with Crippen LogP contribution in [0.2, 0.25) is 0 Å². The van der Waals surface area contributed by atoms with Gasteiger partial charge in [-0.3, -0.25) is 9.13 Å². The number of fused-ring (bicyclic) bond motifs is 6. The largest absolute Gasteiger partial charge is 0.311 e. The Labute approximate surface area is 649 Å². The van der Waals surface area contributed by atoms with Gasteiger partial charge in [-0.1, -0.05) is 315 Å². The summed E-state index contributed by atoms with van der Waals surface area (Å²) in [5.41, 5.74) is 23.6. The first kappa shape index (κ1) is 67.4. The maximum absolute atomic E-state index is 5.19. The highest BCUT2D eigenvalue weighted by Crippen LogP contribution is 2.42. The van der Waals surface area contributed by atoms with Gasteiger partial charge < -0.3 is 9.80 Å². The van der Waals surface area contributed by atoms with Gasteiger partial charge in [-0.05, 0) is 154 Å². The second-order valence-corrected chi connectivity index (χ2v) is 27.5. The molecule has 20 aromatic rings. The fourth-order valence-corrected chi connectivity index (χ4v) is 15.1. The highest BCUT2D eigenvalue weighted by atomic mass is 15.2. The third kappa shape index (κ3) is 13.5. The summed E-state index contributed by atoms with van der Waals surface area (Å²) in [5.74, 6) is 3.62. The second kappa shape index (κ2) is 30.2. The van der Waals surface area contributed by atoms with E-state index >= 15 is 0 Å². The Morgan fingerprint density at radius 2 is 0.384 bits per heavy atom. The van der Waals surface area contributed by atoms with E-state index in [0.29, 0.717) is 35.2 Å². The first-order valence-electron chi connectivity index (χ1n) is 37.6. The average Bonchev–Trinajstić information content (AvgIpc) is 1.59. The molecule has 0 aliphatic heterocycles. The summed E-state index contributed by atoms with van der Waals surface area (Å²) in [6.45, 7) is 0. The summed E-state index contributed by atoms with van der Waals surface area (Å²) in [4.78, 5) is 35.3. The minimum absolute atomic E-state index is 0.575. The number of para-hydroxylation sites is 6. The van der Waals surface area contributed by atoms with Crippen molar-refractivity contribution in [3.8, 4) is 102 Å². The summed E-state index contributed by atoms with van der Waals surface area (Å²) < 4.78 is 4.34. The van der Waals surface area contributed by atoms with E-state index in [1.165, 1.54) is 22.3 Å². The van der Waals surface area contributed by atoms with Crippen LogP contribution in [0.25, 0.3) is 146 Å². The Kier molecular flexibility index (Phi) is 18.1. The van der Waals surface area contributed by atoms with Gasteiger partial charge in [0.15, 0.2) is 23.3 Å². The number of hydrogen-bond donors (Lipinski definition) is 0. The number of anilines is 6. The summed E-state index contributed by atoms with van der Waals surface area (Å²) in [7, 11) is 0. The molecule has 0 bridgehead atoms. The van der Waals surface area contributed by atoms with Gasteiger partial charge in [-0.15, -0.1) is 0 Å². The van der Waals surface area contributed by atoms with E-state index in [9.17, 15) is 0 Å². The van der Waals surface area contributed by atoms with E-state index in [-0.39, 0.29) is 0 Å². The summed E-state index contributed by atoms with van der Waals surface area (Å²) in [6.07, 6.45) is 0. The Hall–Kier alpha value is -15.3. The molecule has 0 amide bonds. The van der Waals surface area contributed by atoms with Crippen LogP contribution >= 0.6 is 0 Å². The fraction of sp³-hybridized carbons (Fsp3) is 0. The molecule has 112 heavy (non-hydrogen) atoms. The van der Waals surface area contributed by atoms with Crippen LogP contribution in [-0.2, 0) is 0 Å². The molecule has 16 aromatic carbocycles. The molecular weight excluding hydrogens is 1370 g/mol. The molecule has 0 aliphatic rings. The summed E-state index contributed by atoms with van der Waals surface area (Å²) >= 11 is 0. The maximum atomic E-state index is 5.19. The van der Waals surface area contributed by atoms with E-state index in [1.807, 2.05) is 97.1 Å². The van der Waals surface area contributed by atoms with E-state index < -0.39 is 0 Å². The first-order chi connectivity index (χ1) is 55.5. The number of rotatable bonds is 16. The lowest BCUT2D eigenvalue weighted by Gasteiger charge is -2.25. The van der Waals surface area contributed by atoms with Gasteiger partial charge in [0.25, 0.3) is 0 Å². The standard InChI is InChI=1S/2C51H35N5/c1-5-16-36(17-6-1)41-32-33-48-46(35-41)45-26-13-14-27-47(45)56(48)51-53-49(38-18-7-2-8-19-38)52-50(54-51)39-30-28-37(29-31-39)40-20-15-25-44(34-40)55(42-21-9-3-10-22-42)43-23-11-4-12-24-43;1-5-15-36(16-6-1)41-31-34-48-46(35-41)45-23-13-14-24-47(45)56(48)51-53-49(39-17-7-2-8-18-39)52-50(54-51)40-27-25-37(26-28-40)38-29-32-44(33-30-38)55(42-19-9-3-10-20-42)43-21-11-4-12-22-43/h2*1-35H. The Morgan fingerprint density at radius 3 is 0.759 bits per heavy atom. The molecule has 0 radical (unpaired) electrons. The number of hydrogen-bond acceptors (Lipinski definition) is 8. The topological polar surface area (TPSA) is 93.7 Å². The van der Waals surface area contributed by atoms with Gasteiger partial charge in [-0.25, -0.2) is 9.97 Å². The van der Waals surface area contributed by atoms with Crippen molar-refractivity contribution in [2.75, 3.05) is 9.80 Å². The van der Waals surface area contributed by atoms with Crippen molar-refractivity contribution in [3.05, 3.63) is 425 Å². The predicted molar refractivity (Wildman–Crippen MR) is 461 cm³/mol. The number of benzene rings is 16. The molecule has 0 spiro atoms. The third-order valence-corrected chi connectivity index (χ3v) is 20.5. The highest BCUT2D eigenvalue weighted by Gasteiger charge is 2.23. The van der Waals surface area contributed by atoms with Crippen LogP contribution in [-0.4, -0.2) is 39.0 Å². The molecule has 4 heterocycles. The van der Waals surface area contributed by atoms with Crippen LogP contribution in [0.15, 0.2) is 425 Å². The third-order valence-electron chi connectivity index (χ3n) is 20.5. The molecule has 0 fully saturated rings. The normalized spacial score (nSPS) is 11.2. The average molecular weight is 1440 g/mol. The SMILES string of the molecule is c1ccc(-c2ccc3c(c2)c2ccccc2n3-c2nc(-c3ccccc3)nc(-c3ccc(-c4ccc(N(c5ccccc5)c5ccccc5)cc4)cc3)n2)cc1.c1ccc(-c2ccc3c(c2)c2ccccc2n3-c2nc(-c3ccccc3)nc(-c3ccc(-c4cccc(N(c5ccccc5)c5ccccc5)c4)cc3)n2)cc1. The molecule has 0 atom stereocenters. The molecule has 0 N–H and O–H groups in total. The first-order valence-corrected chi connectivity index (χ1v) is 37.6. The van der Waals surface area contributed by atoms with Gasteiger partial charge in [0.05, 0.1) is 22.1 Å². The number of aromatic nitrogens is 8. The van der Waals surface area contributed by atoms with Crippen molar-refractivity contribution in [2.45, 2.75) is 0 Å². The Bertz CT molecular complexity index is 6610. The minimum Gasteiger partial charge on any atom is -0.311 e. The van der Waals surface area contributed by atoms with Crippen LogP contribution in [0.4, 0.5) is 34.1 Å². The van der Waals surface area contributed by atoms with Crippen LogP contribution in [0.3, 0.4) is 0 Å². The van der Waals surface area contributed by atoms with Crippen molar-refractivity contribution < 1.29 is 0 Å². The Balaban J connectivity index is 0.000000151. The van der Waals surface area contributed by atoms with E-state index in [2.05, 4.69) is 347 Å². The molecule has 0 saturated carbocycles. The molecule has 10 heteroatoms. The van der Waals surface area contributed by atoms with Crippen molar-refractivity contribution in [1.82, 2.24) is 39.0 Å². The van der Waals surface area contributed by atoms with E-state index in [4.69, 9.17) is 29.9 Å². The molecule has 0 aliphatic carbocycles. The van der Waals surface area contributed by atoms with Crippen LogP contribution in [0, 0.1) is 0 Å². The maximum Gasteiger partial charge on any atom is 0.238 e. The van der Waals surface area contributed by atoms with Gasteiger partial charge in [0, 0.05) is 77.9 Å². The van der Waals surface area contributed by atoms with Crippen LogP contribution in [0.1, 0.15) is 0 Å². The van der Waals surface area contributed by atoms with Crippen molar-refractivity contribution >= 4 is 77.7 Å². The van der Waals surface area contributed by atoms with Crippen molar-refractivity contribution in [1.29, 1.82) is 0 Å².